The normalized spacial score (nSPS) is 22.4. The number of nitrogen functional groups attached to an aromatic ring is 1. The smallest absolute Gasteiger partial charge is 0.410 e. The van der Waals surface area contributed by atoms with Gasteiger partial charge in [-0.05, 0) is 50.3 Å². The SMILES string of the molecule is COC(=O)c1cc(-c2ccc([C@]34C[C@H]3CN(C(=O)OC(C)(C)C)C4)cc2)cnc1N. The Morgan fingerprint density at radius 1 is 1.20 bits per heavy atom. The number of hydrogen-bond acceptors (Lipinski definition) is 6. The van der Waals surface area contributed by atoms with Crippen LogP contribution in [0.15, 0.2) is 36.5 Å². The number of aromatic nitrogens is 1. The summed E-state index contributed by atoms with van der Waals surface area (Å²) >= 11 is 0. The van der Waals surface area contributed by atoms with E-state index in [0.29, 0.717) is 12.5 Å². The standard InChI is InChI=1S/C23H27N3O4/c1-22(2,3)30-21(28)26-12-17-10-23(17,13-26)16-7-5-14(6-8-16)15-9-18(20(27)29-4)19(24)25-11-15/h5-9,11,17H,10,12-13H2,1-4H3,(H2,24,25)/t17-,23+/m0/s1. The lowest BCUT2D eigenvalue weighted by atomic mass is 9.93. The first-order valence-corrected chi connectivity index (χ1v) is 10.1. The highest BCUT2D eigenvalue weighted by atomic mass is 16.6. The van der Waals surface area contributed by atoms with E-state index in [2.05, 4.69) is 17.1 Å². The summed E-state index contributed by atoms with van der Waals surface area (Å²) < 4.78 is 10.3. The van der Waals surface area contributed by atoms with Crippen LogP contribution in [-0.2, 0) is 14.9 Å². The third-order valence-electron chi connectivity index (χ3n) is 5.91. The van der Waals surface area contributed by atoms with Gasteiger partial charge in [-0.15, -0.1) is 0 Å². The number of nitrogens with two attached hydrogens (primary N) is 1. The molecule has 1 saturated heterocycles. The van der Waals surface area contributed by atoms with E-state index in [4.69, 9.17) is 15.2 Å². The van der Waals surface area contributed by atoms with Crippen molar-refractivity contribution < 1.29 is 19.1 Å². The quantitative estimate of drug-likeness (QED) is 0.778. The predicted octanol–water partition coefficient (Wildman–Crippen LogP) is 3.63. The number of methoxy groups -OCH3 is 1. The lowest BCUT2D eigenvalue weighted by molar-refractivity contribution is 0.0270. The van der Waals surface area contributed by atoms with E-state index in [9.17, 15) is 9.59 Å². The van der Waals surface area contributed by atoms with Crippen LogP contribution < -0.4 is 5.73 Å². The second kappa shape index (κ2) is 7.00. The number of piperidine rings is 1. The van der Waals surface area contributed by atoms with Crippen LogP contribution in [0, 0.1) is 5.92 Å². The van der Waals surface area contributed by atoms with E-state index in [0.717, 1.165) is 24.1 Å². The fraction of sp³-hybridized carbons (Fsp3) is 0.435. The van der Waals surface area contributed by atoms with Crippen molar-refractivity contribution in [3.05, 3.63) is 47.7 Å². The van der Waals surface area contributed by atoms with E-state index < -0.39 is 11.6 Å². The van der Waals surface area contributed by atoms with E-state index in [1.54, 1.807) is 12.3 Å². The Bertz CT molecular complexity index is 996. The molecule has 0 bridgehead atoms. The van der Waals surface area contributed by atoms with Crippen LogP contribution in [0.3, 0.4) is 0 Å². The van der Waals surface area contributed by atoms with Crippen LogP contribution >= 0.6 is 0 Å². The van der Waals surface area contributed by atoms with Crippen molar-refractivity contribution in [2.24, 2.45) is 5.92 Å². The van der Waals surface area contributed by atoms with Crippen molar-refractivity contribution in [2.45, 2.75) is 38.2 Å². The molecule has 1 aliphatic heterocycles. The Kier molecular flexibility index (Phi) is 4.71. The largest absolute Gasteiger partial charge is 0.465 e. The van der Waals surface area contributed by atoms with Gasteiger partial charge in [0.05, 0.1) is 7.11 Å². The van der Waals surface area contributed by atoms with Gasteiger partial charge in [-0.25, -0.2) is 14.6 Å². The number of likely N-dealkylation sites (tertiary alicyclic amines) is 1. The molecule has 1 aromatic carbocycles. The summed E-state index contributed by atoms with van der Waals surface area (Å²) in [7, 11) is 1.32. The lowest BCUT2D eigenvalue weighted by Crippen LogP contribution is -2.37. The van der Waals surface area contributed by atoms with Crippen LogP contribution in [0.2, 0.25) is 0 Å². The maximum Gasteiger partial charge on any atom is 0.410 e. The Balaban J connectivity index is 1.52. The van der Waals surface area contributed by atoms with Gasteiger partial charge >= 0.3 is 12.1 Å². The number of carbonyl (C=O) groups is 2. The average molecular weight is 409 g/mol. The molecule has 1 amide bonds. The maximum absolute atomic E-state index is 12.4. The van der Waals surface area contributed by atoms with Gasteiger partial charge in [0, 0.05) is 30.3 Å². The highest BCUT2D eigenvalue weighted by Crippen LogP contribution is 2.59. The molecule has 0 radical (unpaired) electrons. The molecule has 2 atom stereocenters. The molecule has 2 aliphatic rings. The van der Waals surface area contributed by atoms with Crippen LogP contribution in [0.5, 0.6) is 0 Å². The summed E-state index contributed by atoms with van der Waals surface area (Å²) in [6, 6.07) is 9.93. The van der Waals surface area contributed by atoms with Crippen molar-refractivity contribution in [3.8, 4) is 11.1 Å². The van der Waals surface area contributed by atoms with Gasteiger partial charge in [-0.3, -0.25) is 0 Å². The molecule has 7 heteroatoms. The fourth-order valence-electron chi connectivity index (χ4n) is 4.30. The summed E-state index contributed by atoms with van der Waals surface area (Å²) in [6.45, 7) is 7.07. The molecule has 2 N–H and O–H groups in total. The first kappa shape index (κ1) is 20.2. The Morgan fingerprint density at radius 2 is 1.90 bits per heavy atom. The molecular formula is C23H27N3O4. The molecule has 0 unspecified atom stereocenters. The maximum atomic E-state index is 12.4. The molecule has 30 heavy (non-hydrogen) atoms. The fourth-order valence-corrected chi connectivity index (χ4v) is 4.30. The predicted molar refractivity (Wildman–Crippen MR) is 113 cm³/mol. The molecular weight excluding hydrogens is 382 g/mol. The topological polar surface area (TPSA) is 94.8 Å². The van der Waals surface area contributed by atoms with Crippen molar-refractivity contribution >= 4 is 17.9 Å². The van der Waals surface area contributed by atoms with Crippen molar-refractivity contribution in [1.29, 1.82) is 0 Å². The molecule has 1 aliphatic carbocycles. The highest BCUT2D eigenvalue weighted by molar-refractivity contribution is 5.95. The van der Waals surface area contributed by atoms with Gasteiger partial charge < -0.3 is 20.1 Å². The zero-order valence-corrected chi connectivity index (χ0v) is 17.8. The van der Waals surface area contributed by atoms with Crippen LogP contribution in [0.25, 0.3) is 11.1 Å². The first-order chi connectivity index (χ1) is 14.1. The van der Waals surface area contributed by atoms with Gasteiger partial charge in [0.2, 0.25) is 0 Å². The van der Waals surface area contributed by atoms with Gasteiger partial charge in [0.1, 0.15) is 17.0 Å². The minimum atomic E-state index is -0.508. The summed E-state index contributed by atoms with van der Waals surface area (Å²) in [4.78, 5) is 30.3. The number of carbonyl (C=O) groups excluding carboxylic acids is 2. The number of amides is 1. The zero-order valence-electron chi connectivity index (χ0n) is 17.8. The minimum absolute atomic E-state index is 0.0198. The van der Waals surface area contributed by atoms with Gasteiger partial charge in [0.15, 0.2) is 0 Å². The molecule has 0 spiro atoms. The van der Waals surface area contributed by atoms with E-state index in [-0.39, 0.29) is 22.9 Å². The number of nitrogens with zero attached hydrogens (tertiary/aromatic N) is 2. The van der Waals surface area contributed by atoms with Gasteiger partial charge in [-0.2, -0.15) is 0 Å². The minimum Gasteiger partial charge on any atom is -0.465 e. The molecule has 158 valence electrons. The molecule has 2 fully saturated rings. The number of benzene rings is 1. The summed E-state index contributed by atoms with van der Waals surface area (Å²) in [6.07, 6.45) is 2.49. The number of rotatable bonds is 3. The first-order valence-electron chi connectivity index (χ1n) is 10.1. The Labute approximate surface area is 176 Å². The van der Waals surface area contributed by atoms with Crippen LogP contribution in [0.1, 0.15) is 43.1 Å². The Hall–Kier alpha value is -3.09. The summed E-state index contributed by atoms with van der Waals surface area (Å²) in [5.41, 5.74) is 8.53. The number of anilines is 1. The molecule has 4 rings (SSSR count). The monoisotopic (exact) mass is 409 g/mol. The van der Waals surface area contributed by atoms with Crippen molar-refractivity contribution in [1.82, 2.24) is 9.88 Å². The molecule has 1 saturated carbocycles. The second-order valence-electron chi connectivity index (χ2n) is 9.14. The lowest BCUT2D eigenvalue weighted by Gasteiger charge is -2.26. The summed E-state index contributed by atoms with van der Waals surface area (Å²) in [5.74, 6) is 0.112. The Morgan fingerprint density at radius 3 is 2.53 bits per heavy atom. The number of hydrogen-bond donors (Lipinski definition) is 1. The zero-order chi connectivity index (χ0) is 21.7. The molecule has 1 aromatic heterocycles. The third kappa shape index (κ3) is 3.60. The number of pyridine rings is 1. The highest BCUT2D eigenvalue weighted by Gasteiger charge is 2.62. The van der Waals surface area contributed by atoms with E-state index in [1.165, 1.54) is 12.7 Å². The summed E-state index contributed by atoms with van der Waals surface area (Å²) in [5, 5.41) is 0. The number of esters is 1. The molecule has 2 heterocycles. The van der Waals surface area contributed by atoms with E-state index in [1.807, 2.05) is 37.8 Å². The number of fused-ring (bicyclic) bond motifs is 1. The third-order valence-corrected chi connectivity index (χ3v) is 5.91. The van der Waals surface area contributed by atoms with Crippen LogP contribution in [0.4, 0.5) is 10.6 Å². The van der Waals surface area contributed by atoms with Crippen molar-refractivity contribution in [2.75, 3.05) is 25.9 Å². The second-order valence-corrected chi connectivity index (χ2v) is 9.14. The molecule has 7 nitrogen and oxygen atoms in total. The molecule has 2 aromatic rings. The van der Waals surface area contributed by atoms with Crippen LogP contribution in [-0.4, -0.2) is 47.7 Å². The van der Waals surface area contributed by atoms with Gasteiger partial charge in [0.25, 0.3) is 0 Å². The van der Waals surface area contributed by atoms with Crippen molar-refractivity contribution in [3.63, 3.8) is 0 Å². The van der Waals surface area contributed by atoms with Gasteiger partial charge in [-0.1, -0.05) is 24.3 Å². The number of ether oxygens (including phenoxy) is 2. The average Bonchev–Trinajstić information content (AvgIpc) is 3.27. The van der Waals surface area contributed by atoms with E-state index >= 15 is 0 Å².